The van der Waals surface area contributed by atoms with Gasteiger partial charge in [0.2, 0.25) is 0 Å². The number of ether oxygens (including phenoxy) is 2. The van der Waals surface area contributed by atoms with Crippen LogP contribution in [-0.4, -0.2) is 24.7 Å². The van der Waals surface area contributed by atoms with Crippen LogP contribution < -0.4 is 15.4 Å². The number of nitrogens with one attached hydrogen (secondary N) is 2. The van der Waals surface area contributed by atoms with Gasteiger partial charge >= 0.3 is 12.0 Å². The Kier molecular flexibility index (Phi) is 5.63. The number of amides is 2. The Morgan fingerprint density at radius 1 is 1.38 bits per heavy atom. The lowest BCUT2D eigenvalue weighted by atomic mass is 9.95. The molecule has 0 bridgehead atoms. The number of carbonyl (C=O) groups is 2. The van der Waals surface area contributed by atoms with Crippen molar-refractivity contribution in [1.29, 1.82) is 0 Å². The van der Waals surface area contributed by atoms with Crippen molar-refractivity contribution in [3.05, 3.63) is 53.8 Å². The smallest absolute Gasteiger partial charge is 0.338 e. The number of carbonyl (C=O) groups excluding carboxylic acids is 2. The van der Waals surface area contributed by atoms with E-state index in [2.05, 4.69) is 17.2 Å². The lowest BCUT2D eigenvalue weighted by molar-refractivity contribution is -0.138. The molecule has 1 unspecified atom stereocenters. The van der Waals surface area contributed by atoms with Crippen molar-refractivity contribution in [3.8, 4) is 5.75 Å². The van der Waals surface area contributed by atoms with Gasteiger partial charge in [0.05, 0.1) is 17.7 Å². The predicted octanol–water partition coefficient (Wildman–Crippen LogP) is 2.83. The first kappa shape index (κ1) is 17.6. The van der Waals surface area contributed by atoms with Gasteiger partial charge in [0, 0.05) is 11.3 Å². The highest BCUT2D eigenvalue weighted by atomic mass is 16.5. The Hall–Kier alpha value is -2.76. The second-order valence-corrected chi connectivity index (χ2v) is 5.66. The molecule has 0 radical (unpaired) electrons. The molecule has 1 aromatic carbocycles. The number of hydrogen-bond acceptors (Lipinski definition) is 4. The first-order chi connectivity index (χ1) is 11.4. The van der Waals surface area contributed by atoms with Crippen LogP contribution in [0.1, 0.15) is 32.4 Å². The van der Waals surface area contributed by atoms with Gasteiger partial charge in [-0.3, -0.25) is 0 Å². The third-order valence-electron chi connectivity index (χ3n) is 3.41. The van der Waals surface area contributed by atoms with Crippen molar-refractivity contribution >= 4 is 12.0 Å². The average Bonchev–Trinajstić information content (AvgIpc) is 2.51. The van der Waals surface area contributed by atoms with Crippen LogP contribution >= 0.6 is 0 Å². The minimum absolute atomic E-state index is 0.0372. The van der Waals surface area contributed by atoms with Gasteiger partial charge < -0.3 is 20.1 Å². The molecule has 0 fully saturated rings. The quantitative estimate of drug-likeness (QED) is 0.621. The number of esters is 1. The standard InChI is InChI=1S/C18H22N2O4/c1-5-10-23-17(21)15-12(4)19-18(22)20-16(15)13-8-6-7-9-14(13)24-11(2)3/h5-9,11,16H,1,10H2,2-4H3,(H2,19,20,22). The topological polar surface area (TPSA) is 76.7 Å². The van der Waals surface area contributed by atoms with E-state index in [1.165, 1.54) is 6.08 Å². The van der Waals surface area contributed by atoms with Gasteiger partial charge in [-0.05, 0) is 26.8 Å². The molecule has 6 heteroatoms. The van der Waals surface area contributed by atoms with Crippen molar-refractivity contribution in [2.45, 2.75) is 32.9 Å². The third-order valence-corrected chi connectivity index (χ3v) is 3.41. The van der Waals surface area contributed by atoms with E-state index in [-0.39, 0.29) is 18.7 Å². The van der Waals surface area contributed by atoms with E-state index in [9.17, 15) is 9.59 Å². The number of urea groups is 1. The number of para-hydroxylation sites is 1. The van der Waals surface area contributed by atoms with E-state index in [1.807, 2.05) is 38.1 Å². The van der Waals surface area contributed by atoms with Crippen LogP contribution in [0.2, 0.25) is 0 Å². The van der Waals surface area contributed by atoms with E-state index in [0.29, 0.717) is 22.6 Å². The first-order valence-electron chi connectivity index (χ1n) is 7.76. The molecular weight excluding hydrogens is 308 g/mol. The molecule has 6 nitrogen and oxygen atoms in total. The fraction of sp³-hybridized carbons (Fsp3) is 0.333. The summed E-state index contributed by atoms with van der Waals surface area (Å²) in [6, 6.07) is 6.28. The molecule has 0 saturated carbocycles. The molecule has 0 aromatic heterocycles. The summed E-state index contributed by atoms with van der Waals surface area (Å²) in [5.41, 5.74) is 1.50. The second kappa shape index (κ2) is 7.68. The summed E-state index contributed by atoms with van der Waals surface area (Å²) in [6.45, 7) is 9.13. The van der Waals surface area contributed by atoms with Crippen molar-refractivity contribution in [1.82, 2.24) is 10.6 Å². The summed E-state index contributed by atoms with van der Waals surface area (Å²) in [4.78, 5) is 24.3. The molecule has 2 rings (SSSR count). The van der Waals surface area contributed by atoms with Gasteiger partial charge in [-0.25, -0.2) is 9.59 Å². The van der Waals surface area contributed by atoms with Crippen molar-refractivity contribution in [2.24, 2.45) is 0 Å². The summed E-state index contributed by atoms with van der Waals surface area (Å²) in [5, 5.41) is 5.38. The molecule has 2 N–H and O–H groups in total. The van der Waals surface area contributed by atoms with Crippen LogP contribution in [0.25, 0.3) is 0 Å². The molecular formula is C18H22N2O4. The maximum absolute atomic E-state index is 12.4. The summed E-state index contributed by atoms with van der Waals surface area (Å²) in [6.07, 6.45) is 1.46. The van der Waals surface area contributed by atoms with Gasteiger partial charge in [-0.15, -0.1) is 0 Å². The van der Waals surface area contributed by atoms with Crippen LogP contribution in [0.15, 0.2) is 48.2 Å². The van der Waals surface area contributed by atoms with Gasteiger partial charge in [0.15, 0.2) is 0 Å². The maximum Gasteiger partial charge on any atom is 0.338 e. The monoisotopic (exact) mass is 330 g/mol. The predicted molar refractivity (Wildman–Crippen MR) is 90.5 cm³/mol. The van der Waals surface area contributed by atoms with Crippen LogP contribution in [0, 0.1) is 0 Å². The Morgan fingerprint density at radius 3 is 2.75 bits per heavy atom. The normalized spacial score (nSPS) is 17.2. The minimum atomic E-state index is -0.647. The fourth-order valence-corrected chi connectivity index (χ4v) is 2.49. The summed E-state index contributed by atoms with van der Waals surface area (Å²) in [7, 11) is 0. The van der Waals surface area contributed by atoms with Crippen LogP contribution in [0.5, 0.6) is 5.75 Å². The van der Waals surface area contributed by atoms with Gasteiger partial charge in [-0.1, -0.05) is 30.9 Å². The summed E-state index contributed by atoms with van der Waals surface area (Å²) in [5.74, 6) is 0.103. The number of allylic oxidation sites excluding steroid dienone is 1. The highest BCUT2D eigenvalue weighted by Crippen LogP contribution is 2.33. The molecule has 1 aliphatic heterocycles. The largest absolute Gasteiger partial charge is 0.491 e. The highest BCUT2D eigenvalue weighted by molar-refractivity contribution is 5.95. The van der Waals surface area contributed by atoms with Gasteiger partial charge in [0.1, 0.15) is 12.4 Å². The molecule has 1 atom stereocenters. The highest BCUT2D eigenvalue weighted by Gasteiger charge is 2.33. The SMILES string of the molecule is C=CCOC(=O)C1=C(C)NC(=O)NC1c1ccccc1OC(C)C. The minimum Gasteiger partial charge on any atom is -0.491 e. The lowest BCUT2D eigenvalue weighted by Gasteiger charge is -2.29. The third kappa shape index (κ3) is 3.95. The Labute approximate surface area is 141 Å². The van der Waals surface area contributed by atoms with E-state index in [4.69, 9.17) is 9.47 Å². The summed E-state index contributed by atoms with van der Waals surface area (Å²) < 4.78 is 11.0. The maximum atomic E-state index is 12.4. The van der Waals surface area contributed by atoms with Gasteiger partial charge in [0.25, 0.3) is 0 Å². The molecule has 128 valence electrons. The average molecular weight is 330 g/mol. The molecule has 1 aromatic rings. The van der Waals surface area contributed by atoms with Crippen molar-refractivity contribution in [3.63, 3.8) is 0 Å². The van der Waals surface area contributed by atoms with E-state index >= 15 is 0 Å². The number of hydrogen-bond donors (Lipinski definition) is 2. The Bertz CT molecular complexity index is 679. The van der Waals surface area contributed by atoms with Crippen LogP contribution in [-0.2, 0) is 9.53 Å². The molecule has 1 heterocycles. The Balaban J connectivity index is 2.45. The zero-order chi connectivity index (χ0) is 17.7. The molecule has 24 heavy (non-hydrogen) atoms. The molecule has 0 aliphatic carbocycles. The molecule has 0 saturated heterocycles. The van der Waals surface area contributed by atoms with E-state index in [1.54, 1.807) is 6.92 Å². The van der Waals surface area contributed by atoms with Crippen LogP contribution in [0.4, 0.5) is 4.79 Å². The zero-order valence-corrected chi connectivity index (χ0v) is 14.1. The van der Waals surface area contributed by atoms with E-state index in [0.717, 1.165) is 0 Å². The fourth-order valence-electron chi connectivity index (χ4n) is 2.49. The van der Waals surface area contributed by atoms with Crippen LogP contribution in [0.3, 0.4) is 0 Å². The number of benzene rings is 1. The first-order valence-corrected chi connectivity index (χ1v) is 7.76. The molecule has 2 amide bonds. The molecule has 1 aliphatic rings. The van der Waals surface area contributed by atoms with Crippen molar-refractivity contribution in [2.75, 3.05) is 6.61 Å². The molecule has 0 spiro atoms. The van der Waals surface area contributed by atoms with Crippen molar-refractivity contribution < 1.29 is 19.1 Å². The number of rotatable bonds is 6. The zero-order valence-electron chi connectivity index (χ0n) is 14.1. The van der Waals surface area contributed by atoms with Gasteiger partial charge in [-0.2, -0.15) is 0 Å². The summed E-state index contributed by atoms with van der Waals surface area (Å²) >= 11 is 0. The lowest BCUT2D eigenvalue weighted by Crippen LogP contribution is -2.45. The Morgan fingerprint density at radius 2 is 2.08 bits per heavy atom. The van der Waals surface area contributed by atoms with E-state index < -0.39 is 12.0 Å². The second-order valence-electron chi connectivity index (χ2n) is 5.66.